The van der Waals surface area contributed by atoms with Gasteiger partial charge in [-0.05, 0) is 12.5 Å². The second kappa shape index (κ2) is 6.37. The molecule has 0 aliphatic heterocycles. The molecule has 2 nitrogen and oxygen atoms in total. The van der Waals surface area contributed by atoms with Crippen LogP contribution in [-0.2, 0) is 9.59 Å². The Balaban J connectivity index is 3.94. The van der Waals surface area contributed by atoms with E-state index in [1.54, 1.807) is 0 Å². The minimum Gasteiger partial charge on any atom is -0.294 e. The Bertz CT molecular complexity index is 254. The summed E-state index contributed by atoms with van der Waals surface area (Å²) in [6, 6.07) is 0. The molecule has 0 amide bonds. The lowest BCUT2D eigenvalue weighted by atomic mass is 10.1. The average molecular weight is 222 g/mol. The van der Waals surface area contributed by atoms with Crippen LogP contribution in [0.3, 0.4) is 0 Å². The molecule has 5 heteroatoms. The van der Waals surface area contributed by atoms with Gasteiger partial charge >= 0.3 is 6.18 Å². The van der Waals surface area contributed by atoms with Crippen molar-refractivity contribution in [3.8, 4) is 0 Å². The summed E-state index contributed by atoms with van der Waals surface area (Å²) in [7, 11) is 0. The van der Waals surface area contributed by atoms with E-state index in [1.807, 2.05) is 6.92 Å². The third-order valence-electron chi connectivity index (χ3n) is 1.68. The monoisotopic (exact) mass is 222 g/mol. The molecule has 0 aromatic rings. The Morgan fingerprint density at radius 3 is 2.33 bits per heavy atom. The molecule has 0 aromatic heterocycles. The van der Waals surface area contributed by atoms with Gasteiger partial charge in [0.1, 0.15) is 0 Å². The summed E-state index contributed by atoms with van der Waals surface area (Å²) in [4.78, 5) is 21.2. The second-order valence-electron chi connectivity index (χ2n) is 3.11. The molecule has 15 heavy (non-hydrogen) atoms. The van der Waals surface area contributed by atoms with Gasteiger partial charge in [-0.15, -0.1) is 0 Å². The van der Waals surface area contributed by atoms with Crippen molar-refractivity contribution < 1.29 is 22.8 Å². The molecule has 0 radical (unpaired) electrons. The maximum atomic E-state index is 11.7. The summed E-state index contributed by atoms with van der Waals surface area (Å²) >= 11 is 0. The van der Waals surface area contributed by atoms with Crippen LogP contribution in [0.25, 0.3) is 0 Å². The SMILES string of the molecule is CCCC/C=C/C(=O)CC(=O)C(F)(F)F. The first-order valence-corrected chi connectivity index (χ1v) is 4.67. The molecule has 0 spiro atoms. The number of ketones is 2. The highest BCUT2D eigenvalue weighted by Gasteiger charge is 2.38. The Kier molecular flexibility index (Phi) is 5.89. The van der Waals surface area contributed by atoms with Crippen LogP contribution in [0.4, 0.5) is 13.2 Å². The average Bonchev–Trinajstić information content (AvgIpc) is 2.11. The molecule has 0 aromatic carbocycles. The van der Waals surface area contributed by atoms with E-state index in [-0.39, 0.29) is 0 Å². The smallest absolute Gasteiger partial charge is 0.294 e. The van der Waals surface area contributed by atoms with E-state index in [2.05, 4.69) is 0 Å². The number of alkyl halides is 3. The predicted molar refractivity (Wildman–Crippen MR) is 49.4 cm³/mol. The van der Waals surface area contributed by atoms with E-state index in [0.29, 0.717) is 6.42 Å². The molecule has 0 fully saturated rings. The zero-order valence-electron chi connectivity index (χ0n) is 8.43. The van der Waals surface area contributed by atoms with Gasteiger partial charge in [0.2, 0.25) is 5.78 Å². The van der Waals surface area contributed by atoms with Crippen molar-refractivity contribution >= 4 is 11.6 Å². The normalized spacial score (nSPS) is 12.0. The fourth-order valence-electron chi connectivity index (χ4n) is 0.854. The van der Waals surface area contributed by atoms with Crippen LogP contribution < -0.4 is 0 Å². The lowest BCUT2D eigenvalue weighted by Gasteiger charge is -2.01. The van der Waals surface area contributed by atoms with E-state index in [0.717, 1.165) is 18.9 Å². The van der Waals surface area contributed by atoms with Crippen molar-refractivity contribution in [2.24, 2.45) is 0 Å². The van der Waals surface area contributed by atoms with Crippen molar-refractivity contribution in [2.45, 2.75) is 38.8 Å². The van der Waals surface area contributed by atoms with Crippen LogP contribution in [0.1, 0.15) is 32.6 Å². The maximum Gasteiger partial charge on any atom is 0.450 e. The molecule has 0 N–H and O–H groups in total. The zero-order chi connectivity index (χ0) is 11.9. The van der Waals surface area contributed by atoms with E-state index < -0.39 is 24.2 Å². The van der Waals surface area contributed by atoms with Gasteiger partial charge in [0, 0.05) is 0 Å². The number of halogens is 3. The van der Waals surface area contributed by atoms with Gasteiger partial charge < -0.3 is 0 Å². The largest absolute Gasteiger partial charge is 0.450 e. The number of carbonyl (C=O) groups excluding carboxylic acids is 2. The molecular weight excluding hydrogens is 209 g/mol. The van der Waals surface area contributed by atoms with Crippen molar-refractivity contribution in [1.82, 2.24) is 0 Å². The van der Waals surface area contributed by atoms with Gasteiger partial charge in [0.05, 0.1) is 6.42 Å². The lowest BCUT2D eigenvalue weighted by Crippen LogP contribution is -2.24. The highest BCUT2D eigenvalue weighted by atomic mass is 19.4. The van der Waals surface area contributed by atoms with Crippen LogP contribution >= 0.6 is 0 Å². The number of rotatable bonds is 6. The topological polar surface area (TPSA) is 34.1 Å². The molecule has 0 aliphatic carbocycles. The molecule has 0 rings (SSSR count). The molecule has 0 bridgehead atoms. The summed E-state index contributed by atoms with van der Waals surface area (Å²) in [6.07, 6.45) is -1.01. The highest BCUT2D eigenvalue weighted by molar-refractivity contribution is 6.06. The summed E-state index contributed by atoms with van der Waals surface area (Å²) in [5.41, 5.74) is 0. The van der Waals surface area contributed by atoms with Crippen molar-refractivity contribution in [1.29, 1.82) is 0 Å². The summed E-state index contributed by atoms with van der Waals surface area (Å²) in [5, 5.41) is 0. The van der Waals surface area contributed by atoms with Crippen LogP contribution in [0.2, 0.25) is 0 Å². The maximum absolute atomic E-state index is 11.7. The van der Waals surface area contributed by atoms with E-state index in [1.165, 1.54) is 6.08 Å². The standard InChI is InChI=1S/C10H13F3O2/c1-2-3-4-5-6-8(14)7-9(15)10(11,12)13/h5-6H,2-4,7H2,1H3/b6-5+. The molecule has 86 valence electrons. The first-order chi connectivity index (χ1) is 6.88. The van der Waals surface area contributed by atoms with Gasteiger partial charge in [0.25, 0.3) is 0 Å². The Labute approximate surface area is 86.2 Å². The molecule has 0 saturated carbocycles. The Hall–Kier alpha value is -1.13. The fraction of sp³-hybridized carbons (Fsp3) is 0.600. The third-order valence-corrected chi connectivity index (χ3v) is 1.68. The number of hydrogen-bond acceptors (Lipinski definition) is 2. The first kappa shape index (κ1) is 13.9. The molecule has 0 unspecified atom stereocenters. The van der Waals surface area contributed by atoms with E-state index in [4.69, 9.17) is 0 Å². The predicted octanol–water partition coefficient (Wildman–Crippen LogP) is 2.82. The number of hydrogen-bond donors (Lipinski definition) is 0. The van der Waals surface area contributed by atoms with Crippen molar-refractivity contribution in [3.05, 3.63) is 12.2 Å². The molecular formula is C10H13F3O2. The highest BCUT2D eigenvalue weighted by Crippen LogP contribution is 2.17. The molecule has 0 heterocycles. The lowest BCUT2D eigenvalue weighted by molar-refractivity contribution is -0.171. The molecule has 0 aliphatic rings. The summed E-state index contributed by atoms with van der Waals surface area (Å²) in [6.45, 7) is 1.96. The fourth-order valence-corrected chi connectivity index (χ4v) is 0.854. The number of carbonyl (C=O) groups is 2. The van der Waals surface area contributed by atoms with Gasteiger partial charge in [-0.2, -0.15) is 13.2 Å². The number of allylic oxidation sites excluding steroid dienone is 2. The zero-order valence-corrected chi connectivity index (χ0v) is 8.43. The van der Waals surface area contributed by atoms with Gasteiger partial charge in [-0.1, -0.05) is 25.8 Å². The summed E-state index contributed by atoms with van der Waals surface area (Å²) in [5.74, 6) is -2.79. The van der Waals surface area contributed by atoms with E-state index >= 15 is 0 Å². The molecule has 0 atom stereocenters. The molecule has 0 saturated heterocycles. The Morgan fingerprint density at radius 2 is 1.87 bits per heavy atom. The quantitative estimate of drug-likeness (QED) is 0.393. The van der Waals surface area contributed by atoms with E-state index in [9.17, 15) is 22.8 Å². The first-order valence-electron chi connectivity index (χ1n) is 4.67. The Morgan fingerprint density at radius 1 is 1.27 bits per heavy atom. The van der Waals surface area contributed by atoms with Crippen molar-refractivity contribution in [3.63, 3.8) is 0 Å². The van der Waals surface area contributed by atoms with Gasteiger partial charge in [0.15, 0.2) is 5.78 Å². The minimum absolute atomic E-state index is 0.641. The number of Topliss-reactive ketones (excluding diaryl/α,β-unsaturated/α-hetero) is 1. The van der Waals surface area contributed by atoms with Crippen LogP contribution in [0, 0.1) is 0 Å². The van der Waals surface area contributed by atoms with Crippen LogP contribution in [-0.4, -0.2) is 17.7 Å². The summed E-state index contributed by atoms with van der Waals surface area (Å²) < 4.78 is 35.2. The van der Waals surface area contributed by atoms with Crippen molar-refractivity contribution in [2.75, 3.05) is 0 Å². The van der Waals surface area contributed by atoms with Crippen LogP contribution in [0.15, 0.2) is 12.2 Å². The third kappa shape index (κ3) is 6.88. The van der Waals surface area contributed by atoms with Crippen LogP contribution in [0.5, 0.6) is 0 Å². The van der Waals surface area contributed by atoms with Gasteiger partial charge in [-0.25, -0.2) is 0 Å². The number of unbranched alkanes of at least 4 members (excludes halogenated alkanes) is 2. The second-order valence-corrected chi connectivity index (χ2v) is 3.11. The minimum atomic E-state index is -4.91. The van der Waals surface area contributed by atoms with Gasteiger partial charge in [-0.3, -0.25) is 9.59 Å².